The molecule has 0 aliphatic heterocycles. The van der Waals surface area contributed by atoms with Gasteiger partial charge in [-0.3, -0.25) is 0 Å². The van der Waals surface area contributed by atoms with E-state index >= 15 is 0 Å². The zero-order valence-electron chi connectivity index (χ0n) is 11.6. The van der Waals surface area contributed by atoms with Crippen molar-refractivity contribution in [3.05, 3.63) is 69.8 Å². The summed E-state index contributed by atoms with van der Waals surface area (Å²) in [6.45, 7) is 4.08. The minimum absolute atomic E-state index is 0.350. The molecule has 0 amide bonds. The highest BCUT2D eigenvalue weighted by Gasteiger charge is 2.14. The number of fused-ring (bicyclic) bond motifs is 2. The van der Waals surface area contributed by atoms with E-state index < -0.39 is 0 Å². The average molecular weight is 210 g/mol. The first kappa shape index (κ1) is 7.67. The molecule has 1 aliphatic carbocycles. The molecule has 2 unspecified atom stereocenters. The van der Waals surface area contributed by atoms with E-state index in [2.05, 4.69) is 12.1 Å². The molecule has 80 valence electrons. The first-order valence-electron chi connectivity index (χ1n) is 6.79. The van der Waals surface area contributed by atoms with E-state index in [4.69, 9.17) is 2.74 Å². The quantitative estimate of drug-likeness (QED) is 0.620. The van der Waals surface area contributed by atoms with Crippen LogP contribution in [-0.2, 0) is 12.8 Å². The number of hydrogen-bond donors (Lipinski definition) is 0. The summed E-state index contributed by atoms with van der Waals surface area (Å²) in [5.74, 6) is 0. The topological polar surface area (TPSA) is 0 Å². The van der Waals surface area contributed by atoms with Crippen molar-refractivity contribution in [2.75, 3.05) is 0 Å². The summed E-state index contributed by atoms with van der Waals surface area (Å²) < 4.78 is 16.8. The predicted molar refractivity (Wildman–Crippen MR) is 68.0 cm³/mol. The van der Waals surface area contributed by atoms with E-state index in [1.807, 2.05) is 38.1 Å². The van der Waals surface area contributed by atoms with Crippen LogP contribution in [0.1, 0.15) is 36.1 Å². The molecule has 2 aromatic rings. The molecule has 0 aromatic heterocycles. The highest BCUT2D eigenvalue weighted by Crippen LogP contribution is 2.28. The van der Waals surface area contributed by atoms with Crippen LogP contribution in [0.5, 0.6) is 0 Å². The van der Waals surface area contributed by atoms with Gasteiger partial charge in [0.1, 0.15) is 0 Å². The Labute approximate surface area is 99.8 Å². The first-order valence-corrected chi connectivity index (χ1v) is 5.63. The molecule has 0 fully saturated rings. The van der Waals surface area contributed by atoms with Crippen molar-refractivity contribution < 1.29 is 2.74 Å². The molecule has 0 spiro atoms. The van der Waals surface area contributed by atoms with Crippen molar-refractivity contribution in [1.82, 2.24) is 0 Å². The Morgan fingerprint density at radius 1 is 0.750 bits per heavy atom. The van der Waals surface area contributed by atoms with Crippen molar-refractivity contribution in [2.24, 2.45) is 0 Å². The Hall–Kier alpha value is -1.56. The monoisotopic (exact) mass is 210 g/mol. The maximum atomic E-state index is 8.41. The van der Waals surface area contributed by atoms with E-state index in [0.717, 1.165) is 33.4 Å². The smallest absolute Gasteiger partial charge is 0.0366 e. The van der Waals surface area contributed by atoms with Gasteiger partial charge in [0.2, 0.25) is 0 Å². The highest BCUT2D eigenvalue weighted by molar-refractivity contribution is 5.47. The van der Waals surface area contributed by atoms with Gasteiger partial charge in [0.25, 0.3) is 0 Å². The van der Waals surface area contributed by atoms with Gasteiger partial charge in [0.05, 0.1) is 0 Å². The lowest BCUT2D eigenvalue weighted by atomic mass is 9.85. The molecule has 0 nitrogen and oxygen atoms in total. The van der Waals surface area contributed by atoms with Gasteiger partial charge in [-0.05, 0) is 48.9 Å². The van der Waals surface area contributed by atoms with Crippen molar-refractivity contribution in [1.29, 1.82) is 0 Å². The van der Waals surface area contributed by atoms with Crippen LogP contribution in [0.3, 0.4) is 0 Å². The van der Waals surface area contributed by atoms with E-state index in [1.165, 1.54) is 0 Å². The van der Waals surface area contributed by atoms with Crippen LogP contribution in [-0.4, -0.2) is 0 Å². The third kappa shape index (κ3) is 1.55. The molecule has 16 heavy (non-hydrogen) atoms. The van der Waals surface area contributed by atoms with Gasteiger partial charge < -0.3 is 0 Å². The van der Waals surface area contributed by atoms with Gasteiger partial charge >= 0.3 is 0 Å². The van der Waals surface area contributed by atoms with Crippen LogP contribution in [0, 0.1) is 13.8 Å². The van der Waals surface area contributed by atoms with E-state index in [1.54, 1.807) is 0 Å². The molecule has 2 atom stereocenters. The zero-order chi connectivity index (χ0) is 12.9. The summed E-state index contributed by atoms with van der Waals surface area (Å²) in [6.07, 6.45) is -0.700. The van der Waals surface area contributed by atoms with E-state index in [0.29, 0.717) is 0 Å². The van der Waals surface area contributed by atoms with Crippen molar-refractivity contribution in [3.63, 3.8) is 0 Å². The van der Waals surface area contributed by atoms with Crippen LogP contribution >= 0.6 is 0 Å². The summed E-state index contributed by atoms with van der Waals surface area (Å²) in [7, 11) is 0. The Bertz CT molecular complexity index is 561. The second kappa shape index (κ2) is 3.48. The molecule has 1 aliphatic rings. The molecule has 0 heteroatoms. The van der Waals surface area contributed by atoms with Crippen molar-refractivity contribution in [2.45, 2.75) is 26.6 Å². The molecule has 2 aromatic carbocycles. The normalized spacial score (nSPS) is 24.1. The lowest BCUT2D eigenvalue weighted by Crippen LogP contribution is -2.07. The van der Waals surface area contributed by atoms with Gasteiger partial charge in [-0.25, -0.2) is 0 Å². The maximum absolute atomic E-state index is 8.41. The standard InChI is InChI=1S/C16H16/c1-11-3-5-13-10-16-8-12(2)4-6-14(16)9-15(13)7-11/h3-8H,9-10H2,1-2H3/i9D,10D. The molecule has 0 N–H and O–H groups in total. The molecule has 0 saturated heterocycles. The van der Waals surface area contributed by atoms with Gasteiger partial charge in [-0.2, -0.15) is 0 Å². The molecule has 0 heterocycles. The van der Waals surface area contributed by atoms with E-state index in [-0.39, 0.29) is 12.8 Å². The fraction of sp³-hybridized carbons (Fsp3) is 0.250. The summed E-state index contributed by atoms with van der Waals surface area (Å²) in [4.78, 5) is 0. The van der Waals surface area contributed by atoms with Gasteiger partial charge in [0, 0.05) is 2.74 Å². The van der Waals surface area contributed by atoms with Crippen LogP contribution in [0.15, 0.2) is 36.4 Å². The third-order valence-corrected chi connectivity index (χ3v) is 3.11. The fourth-order valence-corrected chi connectivity index (χ4v) is 2.24. The number of hydrogen-bond acceptors (Lipinski definition) is 0. The van der Waals surface area contributed by atoms with Crippen molar-refractivity contribution in [3.8, 4) is 0 Å². The Kier molecular flexibility index (Phi) is 1.67. The van der Waals surface area contributed by atoms with Gasteiger partial charge in [-0.15, -0.1) is 0 Å². The lowest BCUT2D eigenvalue weighted by molar-refractivity contribution is 0.993. The van der Waals surface area contributed by atoms with Crippen molar-refractivity contribution >= 4 is 0 Å². The Morgan fingerprint density at radius 3 is 1.62 bits per heavy atom. The summed E-state index contributed by atoms with van der Waals surface area (Å²) in [5, 5.41) is 0. The SMILES string of the molecule is [2H]C1c2ccc(C)cc2C([2H])c2ccc(C)cc21. The molecule has 0 saturated carbocycles. The number of rotatable bonds is 0. The minimum atomic E-state index is -0.350. The largest absolute Gasteiger partial charge is 0.0590 e. The maximum Gasteiger partial charge on any atom is 0.0366 e. The van der Waals surface area contributed by atoms with Crippen LogP contribution in [0.25, 0.3) is 0 Å². The molecule has 0 bridgehead atoms. The number of aryl methyl sites for hydroxylation is 2. The van der Waals surface area contributed by atoms with Crippen LogP contribution < -0.4 is 0 Å². The van der Waals surface area contributed by atoms with Gasteiger partial charge in [0.15, 0.2) is 0 Å². The Morgan fingerprint density at radius 2 is 1.19 bits per heavy atom. The predicted octanol–water partition coefficient (Wildman–Crippen LogP) is 3.80. The van der Waals surface area contributed by atoms with Crippen LogP contribution in [0.2, 0.25) is 0 Å². The second-order valence-corrected chi connectivity index (χ2v) is 4.55. The van der Waals surface area contributed by atoms with Crippen LogP contribution in [0.4, 0.5) is 0 Å². The second-order valence-electron chi connectivity index (χ2n) is 4.55. The van der Waals surface area contributed by atoms with E-state index in [9.17, 15) is 0 Å². The average Bonchev–Trinajstić information content (AvgIpc) is 2.36. The highest BCUT2D eigenvalue weighted by atomic mass is 14.2. The first-order chi connectivity index (χ1) is 8.58. The summed E-state index contributed by atoms with van der Waals surface area (Å²) in [5.41, 5.74) is 6.28. The molecular weight excluding hydrogens is 192 g/mol. The number of benzene rings is 2. The fourth-order valence-electron chi connectivity index (χ4n) is 2.24. The summed E-state index contributed by atoms with van der Waals surface area (Å²) >= 11 is 0. The van der Waals surface area contributed by atoms with Gasteiger partial charge in [-0.1, -0.05) is 47.5 Å². The third-order valence-electron chi connectivity index (χ3n) is 3.11. The molecule has 3 rings (SSSR count). The molecule has 0 radical (unpaired) electrons. The minimum Gasteiger partial charge on any atom is -0.0590 e. The zero-order valence-corrected chi connectivity index (χ0v) is 9.62. The Balaban J connectivity index is 2.24. The lowest BCUT2D eigenvalue weighted by Gasteiger charge is -2.20. The molecular formula is C16H16. The summed E-state index contributed by atoms with van der Waals surface area (Å²) in [6, 6.07) is 12.2.